The van der Waals surface area contributed by atoms with Gasteiger partial charge in [0.15, 0.2) is 6.23 Å². The third kappa shape index (κ3) is 1.11. The van der Waals surface area contributed by atoms with Crippen LogP contribution < -0.4 is 4.90 Å². The molecule has 0 aromatic carbocycles. The van der Waals surface area contributed by atoms with Gasteiger partial charge >= 0.3 is 0 Å². The molecule has 0 bridgehead atoms. The third-order valence-electron chi connectivity index (χ3n) is 1.99. The smallest absolute Gasteiger partial charge is 0.260 e. The normalized spacial score (nSPS) is 22.4. The molecule has 0 saturated heterocycles. The Bertz CT molecular complexity index is 400. The number of aliphatic hydroxyl groups is 1. The topological polar surface area (TPSA) is 82.1 Å². The second-order valence-electron chi connectivity index (χ2n) is 2.82. The van der Waals surface area contributed by atoms with Crippen molar-refractivity contribution >= 4 is 23.5 Å². The van der Waals surface area contributed by atoms with Crippen molar-refractivity contribution < 1.29 is 9.90 Å². The second-order valence-corrected chi connectivity index (χ2v) is 3.23. The standard InChI is InChI=1S/C7H7ClN4O2/c1-3-4(8)6(14)12(5(3)13)7-9-2-10-11-7/h2,6,14H,1H3,(H,9,10,11). The van der Waals surface area contributed by atoms with Gasteiger partial charge in [0.25, 0.3) is 11.9 Å². The highest BCUT2D eigenvalue weighted by molar-refractivity contribution is 6.35. The van der Waals surface area contributed by atoms with Crippen LogP contribution in [0.5, 0.6) is 0 Å². The molecule has 1 amide bonds. The maximum atomic E-state index is 11.6. The molecule has 6 nitrogen and oxygen atoms in total. The number of aliphatic hydroxyl groups excluding tert-OH is 1. The number of aromatic nitrogens is 3. The van der Waals surface area contributed by atoms with Gasteiger partial charge in [-0.25, -0.2) is 9.88 Å². The van der Waals surface area contributed by atoms with Gasteiger partial charge in [-0.05, 0) is 6.92 Å². The highest BCUT2D eigenvalue weighted by atomic mass is 35.5. The first-order valence-corrected chi connectivity index (χ1v) is 4.24. The first-order valence-electron chi connectivity index (χ1n) is 3.86. The molecule has 0 aliphatic carbocycles. The average molecular weight is 215 g/mol. The van der Waals surface area contributed by atoms with Crippen molar-refractivity contribution in [2.75, 3.05) is 4.90 Å². The van der Waals surface area contributed by atoms with E-state index in [0.29, 0.717) is 5.57 Å². The van der Waals surface area contributed by atoms with E-state index in [-0.39, 0.29) is 16.9 Å². The van der Waals surface area contributed by atoms with Crippen LogP contribution in [-0.4, -0.2) is 32.4 Å². The van der Waals surface area contributed by atoms with Gasteiger partial charge in [0, 0.05) is 5.57 Å². The highest BCUT2D eigenvalue weighted by Crippen LogP contribution is 2.29. The Morgan fingerprint density at radius 3 is 2.86 bits per heavy atom. The summed E-state index contributed by atoms with van der Waals surface area (Å²) in [6, 6.07) is 0. The van der Waals surface area contributed by atoms with Crippen molar-refractivity contribution in [2.24, 2.45) is 0 Å². The van der Waals surface area contributed by atoms with E-state index in [1.807, 2.05) is 0 Å². The van der Waals surface area contributed by atoms with Gasteiger partial charge in [0.05, 0.1) is 5.03 Å². The lowest BCUT2D eigenvalue weighted by Gasteiger charge is -2.16. The molecule has 2 N–H and O–H groups in total. The van der Waals surface area contributed by atoms with Crippen LogP contribution in [0.2, 0.25) is 0 Å². The van der Waals surface area contributed by atoms with E-state index in [0.717, 1.165) is 4.90 Å². The minimum Gasteiger partial charge on any atom is -0.368 e. The molecule has 2 heterocycles. The molecule has 0 saturated carbocycles. The highest BCUT2D eigenvalue weighted by Gasteiger charge is 2.37. The zero-order valence-corrected chi connectivity index (χ0v) is 7.99. The number of nitrogens with zero attached hydrogens (tertiary/aromatic N) is 3. The van der Waals surface area contributed by atoms with Gasteiger partial charge in [-0.1, -0.05) is 11.6 Å². The van der Waals surface area contributed by atoms with Crippen LogP contribution in [-0.2, 0) is 4.79 Å². The molecule has 74 valence electrons. The van der Waals surface area contributed by atoms with Gasteiger partial charge < -0.3 is 5.11 Å². The van der Waals surface area contributed by atoms with E-state index in [1.165, 1.54) is 6.33 Å². The zero-order valence-electron chi connectivity index (χ0n) is 7.23. The first-order chi connectivity index (χ1) is 6.63. The Hall–Kier alpha value is -1.40. The maximum Gasteiger partial charge on any atom is 0.260 e. The Balaban J connectivity index is 2.39. The quantitative estimate of drug-likeness (QED) is 0.689. The minimum atomic E-state index is -1.18. The second kappa shape index (κ2) is 3.07. The molecule has 2 rings (SSSR count). The Kier molecular flexibility index (Phi) is 2.01. The van der Waals surface area contributed by atoms with E-state index >= 15 is 0 Å². The van der Waals surface area contributed by atoms with Gasteiger partial charge in [-0.2, -0.15) is 0 Å². The number of carbonyl (C=O) groups is 1. The fraction of sp³-hybridized carbons (Fsp3) is 0.286. The number of rotatable bonds is 1. The van der Waals surface area contributed by atoms with Crippen molar-refractivity contribution in [3.8, 4) is 0 Å². The summed E-state index contributed by atoms with van der Waals surface area (Å²) in [5.74, 6) is -0.278. The summed E-state index contributed by atoms with van der Waals surface area (Å²) in [7, 11) is 0. The molecule has 1 aromatic heterocycles. The lowest BCUT2D eigenvalue weighted by atomic mass is 10.3. The van der Waals surface area contributed by atoms with E-state index < -0.39 is 6.23 Å². The lowest BCUT2D eigenvalue weighted by molar-refractivity contribution is -0.115. The Labute approximate surface area is 84.2 Å². The molecule has 1 aromatic rings. The summed E-state index contributed by atoms with van der Waals surface area (Å²) in [5.41, 5.74) is 0.309. The summed E-state index contributed by atoms with van der Waals surface area (Å²) in [6.45, 7) is 1.54. The number of hydrogen-bond acceptors (Lipinski definition) is 4. The van der Waals surface area contributed by atoms with Crippen LogP contribution in [0, 0.1) is 0 Å². The number of amides is 1. The summed E-state index contributed by atoms with van der Waals surface area (Å²) in [6.07, 6.45) is 0.136. The number of carbonyl (C=O) groups excluding carboxylic acids is 1. The van der Waals surface area contributed by atoms with Crippen LogP contribution in [0.1, 0.15) is 6.92 Å². The Morgan fingerprint density at radius 1 is 1.71 bits per heavy atom. The maximum absolute atomic E-state index is 11.6. The lowest BCUT2D eigenvalue weighted by Crippen LogP contribution is -2.35. The monoisotopic (exact) mass is 214 g/mol. The Morgan fingerprint density at radius 2 is 2.43 bits per heavy atom. The molecule has 7 heteroatoms. The molecule has 1 aliphatic rings. The SMILES string of the molecule is CC1=C(Cl)C(O)N(c2nc[nH]n2)C1=O. The predicted octanol–water partition coefficient (Wildman–Crippen LogP) is -0.0175. The van der Waals surface area contributed by atoms with Crippen molar-refractivity contribution in [3.05, 3.63) is 16.9 Å². The summed E-state index contributed by atoms with van der Waals surface area (Å²) in [4.78, 5) is 16.3. The fourth-order valence-corrected chi connectivity index (χ4v) is 1.40. The average Bonchev–Trinajstić information content (AvgIpc) is 2.73. The van der Waals surface area contributed by atoms with Crippen LogP contribution >= 0.6 is 11.6 Å². The summed E-state index contributed by atoms with van der Waals surface area (Å²) < 4.78 is 0. The van der Waals surface area contributed by atoms with Crippen LogP contribution in [0.3, 0.4) is 0 Å². The molecule has 1 unspecified atom stereocenters. The number of nitrogens with one attached hydrogen (secondary N) is 1. The zero-order chi connectivity index (χ0) is 10.3. The van der Waals surface area contributed by atoms with Gasteiger partial charge in [-0.3, -0.25) is 9.89 Å². The van der Waals surface area contributed by atoms with E-state index in [2.05, 4.69) is 15.2 Å². The van der Waals surface area contributed by atoms with Crippen molar-refractivity contribution in [1.29, 1.82) is 0 Å². The minimum absolute atomic E-state index is 0.109. The number of hydrogen-bond donors (Lipinski definition) is 2. The van der Waals surface area contributed by atoms with E-state index in [4.69, 9.17) is 11.6 Å². The summed E-state index contributed by atoms with van der Waals surface area (Å²) >= 11 is 5.72. The van der Waals surface area contributed by atoms with E-state index in [1.54, 1.807) is 6.92 Å². The molecule has 0 spiro atoms. The third-order valence-corrected chi connectivity index (χ3v) is 2.47. The van der Waals surface area contributed by atoms with Crippen molar-refractivity contribution in [3.63, 3.8) is 0 Å². The largest absolute Gasteiger partial charge is 0.368 e. The van der Waals surface area contributed by atoms with Crippen molar-refractivity contribution in [1.82, 2.24) is 15.2 Å². The molecule has 0 fully saturated rings. The molecular formula is C7H7ClN4O2. The van der Waals surface area contributed by atoms with Gasteiger partial charge in [-0.15, -0.1) is 5.10 Å². The predicted molar refractivity (Wildman–Crippen MR) is 48.4 cm³/mol. The van der Waals surface area contributed by atoms with Crippen molar-refractivity contribution in [2.45, 2.75) is 13.2 Å². The summed E-state index contributed by atoms with van der Waals surface area (Å²) in [5, 5.41) is 15.8. The van der Waals surface area contributed by atoms with Gasteiger partial charge in [0.2, 0.25) is 0 Å². The van der Waals surface area contributed by atoms with Crippen LogP contribution in [0.15, 0.2) is 16.9 Å². The number of anilines is 1. The molecule has 1 atom stereocenters. The molecule has 14 heavy (non-hydrogen) atoms. The number of H-pyrrole nitrogens is 1. The number of aromatic amines is 1. The van der Waals surface area contributed by atoms with E-state index in [9.17, 15) is 9.90 Å². The van der Waals surface area contributed by atoms with Crippen LogP contribution in [0.25, 0.3) is 0 Å². The first kappa shape index (κ1) is 9.17. The fourth-order valence-electron chi connectivity index (χ4n) is 1.22. The molecule has 1 aliphatic heterocycles. The molecular weight excluding hydrogens is 208 g/mol. The van der Waals surface area contributed by atoms with Gasteiger partial charge in [0.1, 0.15) is 6.33 Å². The van der Waals surface area contributed by atoms with Crippen LogP contribution in [0.4, 0.5) is 5.95 Å². The number of halogens is 1. The molecule has 0 radical (unpaired) electrons.